The van der Waals surface area contributed by atoms with Gasteiger partial charge < -0.3 is 36.2 Å². The Kier molecular flexibility index (Phi) is 5.80. The van der Waals surface area contributed by atoms with Gasteiger partial charge in [-0.2, -0.15) is 0 Å². The number of carbonyl (C=O) groups excluding carboxylic acids is 4. The first-order valence-electron chi connectivity index (χ1n) is 11.0. The molecule has 1 amide bonds. The SMILES string of the molecule is C=CC(=O)c1cc(O)c(O)c2c1C[C@H]1C[C@H]3[C@H](N(C=C)C=N)C(=O)C(C(N)=O)=C(O)[C@@]3(O)C(=O)C1=C2O. The van der Waals surface area contributed by atoms with Crippen LogP contribution in [0.1, 0.15) is 27.9 Å². The van der Waals surface area contributed by atoms with Gasteiger partial charge in [0.1, 0.15) is 23.1 Å². The predicted molar refractivity (Wildman–Crippen MR) is 128 cm³/mol. The number of allylic oxidation sites excluding steroid dienone is 1. The van der Waals surface area contributed by atoms with E-state index in [1.165, 1.54) is 0 Å². The lowest BCUT2D eigenvalue weighted by Crippen LogP contribution is -2.65. The average Bonchev–Trinajstić information content (AvgIpc) is 2.85. The average molecular weight is 509 g/mol. The van der Waals surface area contributed by atoms with Crippen molar-refractivity contribution in [2.45, 2.75) is 24.5 Å². The largest absolute Gasteiger partial charge is 0.508 e. The molecule has 0 saturated heterocycles. The Morgan fingerprint density at radius 1 is 1.19 bits per heavy atom. The van der Waals surface area contributed by atoms with Crippen molar-refractivity contribution < 1.29 is 44.7 Å². The molecule has 3 aliphatic rings. The predicted octanol–water partition coefficient (Wildman–Crippen LogP) is 0.529. The molecule has 0 bridgehead atoms. The standard InChI is InChI=1S/C25H23N3O9/c1-3-13(29)10-7-14(30)19(31)16-11(10)5-9-6-12-18(28(4-2)8-26)21(33)17(24(27)36)23(35)25(12,37)22(34)15(9)20(16)32/h3-4,7-9,12,18,26,30-32,35,37H,1-2,5-6H2,(H2,27,36)/t9-,12-,18-,25-/m0/s1. The summed E-state index contributed by atoms with van der Waals surface area (Å²) in [4.78, 5) is 52.5. The van der Waals surface area contributed by atoms with Crippen LogP contribution in [0.4, 0.5) is 0 Å². The highest BCUT2D eigenvalue weighted by Crippen LogP contribution is 2.54. The number of Topliss-reactive ketones (excluding diaryl/α,β-unsaturated/α-hetero) is 2. The third-order valence-electron chi connectivity index (χ3n) is 7.28. The van der Waals surface area contributed by atoms with Crippen LogP contribution in [0.15, 0.2) is 48.4 Å². The number of amides is 1. The van der Waals surface area contributed by atoms with Gasteiger partial charge in [0, 0.05) is 17.1 Å². The molecule has 0 unspecified atom stereocenters. The minimum Gasteiger partial charge on any atom is -0.508 e. The molecular formula is C25H23N3O9. The normalized spacial score (nSPS) is 26.6. The molecule has 0 radical (unpaired) electrons. The van der Waals surface area contributed by atoms with Crippen LogP contribution in [0.5, 0.6) is 11.5 Å². The quantitative estimate of drug-likeness (QED) is 0.0703. The van der Waals surface area contributed by atoms with Crippen molar-refractivity contribution >= 4 is 35.4 Å². The maximum absolute atomic E-state index is 13.8. The van der Waals surface area contributed by atoms with E-state index in [-0.39, 0.29) is 24.0 Å². The lowest BCUT2D eigenvalue weighted by molar-refractivity contribution is -0.152. The highest BCUT2D eigenvalue weighted by Gasteiger charge is 2.64. The van der Waals surface area contributed by atoms with Crippen molar-refractivity contribution in [2.24, 2.45) is 17.6 Å². The molecule has 1 saturated carbocycles. The van der Waals surface area contributed by atoms with Crippen LogP contribution < -0.4 is 5.73 Å². The third-order valence-corrected chi connectivity index (χ3v) is 7.28. The van der Waals surface area contributed by atoms with Crippen molar-refractivity contribution in [1.82, 2.24) is 4.90 Å². The number of nitrogens with zero attached hydrogens (tertiary/aromatic N) is 1. The van der Waals surface area contributed by atoms with Gasteiger partial charge in [0.25, 0.3) is 5.91 Å². The van der Waals surface area contributed by atoms with Gasteiger partial charge in [-0.25, -0.2) is 0 Å². The molecule has 3 aliphatic carbocycles. The zero-order chi connectivity index (χ0) is 27.6. The minimum atomic E-state index is -2.92. The number of aromatic hydroxyl groups is 2. The Labute approximate surface area is 209 Å². The molecule has 8 N–H and O–H groups in total. The Bertz CT molecular complexity index is 1400. The summed E-state index contributed by atoms with van der Waals surface area (Å²) in [6, 6.07) is -0.554. The summed E-state index contributed by atoms with van der Waals surface area (Å²) in [6.45, 7) is 6.90. The number of primary amides is 1. The van der Waals surface area contributed by atoms with Crippen LogP contribution in [0.3, 0.4) is 0 Å². The van der Waals surface area contributed by atoms with Crippen LogP contribution in [0.25, 0.3) is 5.76 Å². The van der Waals surface area contributed by atoms with Crippen molar-refractivity contribution in [1.29, 1.82) is 5.41 Å². The van der Waals surface area contributed by atoms with Gasteiger partial charge in [0.15, 0.2) is 28.7 Å². The number of phenolic OH excluding ortho intramolecular Hbond substituents is 2. The number of aliphatic hydroxyl groups is 3. The zero-order valence-electron chi connectivity index (χ0n) is 19.3. The molecule has 1 fully saturated rings. The fourth-order valence-electron chi connectivity index (χ4n) is 5.62. The van der Waals surface area contributed by atoms with E-state index < -0.39 is 86.5 Å². The van der Waals surface area contributed by atoms with Crippen molar-refractivity contribution in [2.75, 3.05) is 0 Å². The lowest BCUT2D eigenvalue weighted by Gasteiger charge is -2.50. The molecule has 1 aromatic rings. The molecule has 0 spiro atoms. The second-order valence-corrected chi connectivity index (χ2v) is 8.97. The van der Waals surface area contributed by atoms with E-state index in [0.717, 1.165) is 23.2 Å². The second kappa shape index (κ2) is 8.45. The first-order valence-corrected chi connectivity index (χ1v) is 11.0. The van der Waals surface area contributed by atoms with Gasteiger partial charge in [-0.1, -0.05) is 13.2 Å². The van der Waals surface area contributed by atoms with E-state index in [4.69, 9.17) is 11.1 Å². The fraction of sp³-hybridized carbons (Fsp3) is 0.240. The number of phenols is 2. The number of carbonyl (C=O) groups is 4. The topological polar surface area (TPSA) is 223 Å². The molecule has 192 valence electrons. The number of aliphatic hydroxyl groups excluding tert-OH is 2. The number of hydrogen-bond donors (Lipinski definition) is 7. The molecule has 4 rings (SSSR count). The van der Waals surface area contributed by atoms with Crippen molar-refractivity contribution in [3.8, 4) is 11.5 Å². The Balaban J connectivity index is 2.03. The Morgan fingerprint density at radius 3 is 2.38 bits per heavy atom. The third kappa shape index (κ3) is 3.22. The summed E-state index contributed by atoms with van der Waals surface area (Å²) in [5.41, 5.74) is 0.440. The summed E-state index contributed by atoms with van der Waals surface area (Å²) in [5, 5.41) is 61.9. The maximum atomic E-state index is 13.8. The van der Waals surface area contributed by atoms with Crippen LogP contribution in [0, 0.1) is 17.2 Å². The molecule has 37 heavy (non-hydrogen) atoms. The van der Waals surface area contributed by atoms with Gasteiger partial charge in [-0.3, -0.25) is 24.6 Å². The van der Waals surface area contributed by atoms with Gasteiger partial charge in [-0.05, 0) is 42.7 Å². The molecule has 0 aromatic heterocycles. The van der Waals surface area contributed by atoms with E-state index >= 15 is 0 Å². The first kappa shape index (κ1) is 25.4. The molecular weight excluding hydrogens is 486 g/mol. The summed E-state index contributed by atoms with van der Waals surface area (Å²) < 4.78 is 0. The van der Waals surface area contributed by atoms with Crippen molar-refractivity contribution in [3.05, 3.63) is 65.1 Å². The van der Waals surface area contributed by atoms with Crippen LogP contribution >= 0.6 is 0 Å². The number of benzene rings is 1. The molecule has 12 nitrogen and oxygen atoms in total. The Morgan fingerprint density at radius 2 is 1.84 bits per heavy atom. The summed E-state index contributed by atoms with van der Waals surface area (Å²) in [7, 11) is 0. The second-order valence-electron chi connectivity index (χ2n) is 8.97. The number of hydrogen-bond acceptors (Lipinski definition) is 10. The van der Waals surface area contributed by atoms with Crippen LogP contribution in [-0.2, 0) is 20.8 Å². The van der Waals surface area contributed by atoms with Gasteiger partial charge >= 0.3 is 0 Å². The lowest BCUT2D eigenvalue weighted by atomic mass is 9.57. The Hall–Kier alpha value is -4.71. The van der Waals surface area contributed by atoms with Gasteiger partial charge in [0.05, 0.1) is 11.9 Å². The number of rotatable bonds is 6. The van der Waals surface area contributed by atoms with Gasteiger partial charge in [0.2, 0.25) is 5.78 Å². The van der Waals surface area contributed by atoms with Crippen molar-refractivity contribution in [3.63, 3.8) is 0 Å². The number of fused-ring (bicyclic) bond motifs is 3. The number of nitrogens with two attached hydrogens (primary N) is 1. The van der Waals surface area contributed by atoms with E-state index in [1.807, 2.05) is 0 Å². The maximum Gasteiger partial charge on any atom is 0.255 e. The van der Waals surface area contributed by atoms with E-state index in [0.29, 0.717) is 6.34 Å². The summed E-state index contributed by atoms with van der Waals surface area (Å²) in [6.07, 6.45) is 2.30. The van der Waals surface area contributed by atoms with Crippen LogP contribution in [-0.4, -0.2) is 71.7 Å². The first-order chi connectivity index (χ1) is 17.4. The van der Waals surface area contributed by atoms with E-state index in [1.54, 1.807) is 0 Å². The smallest absolute Gasteiger partial charge is 0.255 e. The molecule has 0 heterocycles. The van der Waals surface area contributed by atoms with E-state index in [9.17, 15) is 44.7 Å². The van der Waals surface area contributed by atoms with Gasteiger partial charge in [-0.15, -0.1) is 0 Å². The van der Waals surface area contributed by atoms with E-state index in [2.05, 4.69) is 13.2 Å². The highest BCUT2D eigenvalue weighted by atomic mass is 16.3. The molecule has 12 heteroatoms. The zero-order valence-corrected chi connectivity index (χ0v) is 19.3. The monoisotopic (exact) mass is 509 g/mol. The number of nitrogens with one attached hydrogen (secondary N) is 1. The summed E-state index contributed by atoms with van der Waals surface area (Å²) in [5.74, 6) is -10.5. The van der Waals surface area contributed by atoms with Crippen LogP contribution in [0.2, 0.25) is 0 Å². The fourth-order valence-corrected chi connectivity index (χ4v) is 5.62. The molecule has 4 atom stereocenters. The molecule has 1 aromatic carbocycles. The summed E-state index contributed by atoms with van der Waals surface area (Å²) >= 11 is 0. The highest BCUT2D eigenvalue weighted by molar-refractivity contribution is 6.25. The minimum absolute atomic E-state index is 0.0913. The molecule has 0 aliphatic heterocycles. The number of ketones is 3.